The summed E-state index contributed by atoms with van der Waals surface area (Å²) in [5, 5.41) is 0.813. The number of aromatic nitrogens is 3. The molecule has 0 N–H and O–H groups in total. The normalized spacial score (nSPS) is 20.6. The number of aryl methyl sites for hydroxylation is 1. The van der Waals surface area contributed by atoms with Crippen LogP contribution in [0.4, 0.5) is 0 Å². The second-order valence-corrected chi connectivity index (χ2v) is 9.02. The molecule has 2 saturated carbocycles. The average molecular weight is 416 g/mol. The zero-order chi connectivity index (χ0) is 20.4. The monoisotopic (exact) mass is 415 g/mol. The van der Waals surface area contributed by atoms with Gasteiger partial charge in [-0.15, -0.1) is 0 Å². The molecule has 2 aromatic heterocycles. The molecule has 0 saturated heterocycles. The molecular weight excluding hydrogens is 394 g/mol. The first-order chi connectivity index (χ1) is 14.6. The highest BCUT2D eigenvalue weighted by Crippen LogP contribution is 2.55. The summed E-state index contributed by atoms with van der Waals surface area (Å²) in [6.07, 6.45) is 5.39. The molecule has 2 heterocycles. The molecule has 2 aliphatic rings. The Bertz CT molecular complexity index is 1350. The average Bonchev–Trinajstić information content (AvgIpc) is 3.67. The lowest BCUT2D eigenvalue weighted by molar-refractivity contribution is 0.819. The number of hydrogen-bond acceptors (Lipinski definition) is 2. The summed E-state index contributed by atoms with van der Waals surface area (Å²) in [5.74, 6) is 2.52. The maximum atomic E-state index is 12.9. The van der Waals surface area contributed by atoms with Crippen molar-refractivity contribution in [1.29, 1.82) is 0 Å². The summed E-state index contributed by atoms with van der Waals surface area (Å²) in [6.45, 7) is 0. The predicted molar refractivity (Wildman–Crippen MR) is 120 cm³/mol. The number of fused-ring (bicyclic) bond motifs is 1. The summed E-state index contributed by atoms with van der Waals surface area (Å²) in [6, 6.07) is 17.9. The van der Waals surface area contributed by atoms with Crippen molar-refractivity contribution in [2.45, 2.75) is 37.0 Å². The van der Waals surface area contributed by atoms with Gasteiger partial charge in [0.2, 0.25) is 0 Å². The van der Waals surface area contributed by atoms with Crippen LogP contribution in [0.15, 0.2) is 65.6 Å². The molecule has 30 heavy (non-hydrogen) atoms. The van der Waals surface area contributed by atoms with Crippen LogP contribution in [0.2, 0.25) is 5.02 Å². The molecule has 5 heteroatoms. The maximum Gasteiger partial charge on any atom is 0.255 e. The number of rotatable bonds is 4. The topological polar surface area (TPSA) is 39.8 Å². The number of benzene rings is 2. The van der Waals surface area contributed by atoms with Gasteiger partial charge in [0, 0.05) is 30.3 Å². The first-order valence-electron chi connectivity index (χ1n) is 10.5. The Labute approximate surface area is 179 Å². The van der Waals surface area contributed by atoms with Crippen molar-refractivity contribution in [3.63, 3.8) is 0 Å². The molecule has 0 radical (unpaired) electrons. The third kappa shape index (κ3) is 2.90. The maximum absolute atomic E-state index is 12.9. The standard InChI is InChI=1S/C25H22ClN3O/c1-28-23-13-17(8-9-22(23)27-25(28)15-6-7-15)29-11-10-16(12-24(29)30)19-14-20(19)18-4-2-3-5-21(18)26/h2-5,8-13,15,19-20H,6-7,14H2,1H3. The van der Waals surface area contributed by atoms with E-state index in [4.69, 9.17) is 16.6 Å². The van der Waals surface area contributed by atoms with E-state index in [9.17, 15) is 4.79 Å². The van der Waals surface area contributed by atoms with Crippen LogP contribution >= 0.6 is 11.6 Å². The summed E-state index contributed by atoms with van der Waals surface area (Å²) in [4.78, 5) is 17.7. The molecule has 4 nitrogen and oxygen atoms in total. The smallest absolute Gasteiger partial charge is 0.255 e. The molecule has 0 bridgehead atoms. The van der Waals surface area contributed by atoms with Crippen LogP contribution in [-0.4, -0.2) is 14.1 Å². The van der Waals surface area contributed by atoms with Crippen molar-refractivity contribution < 1.29 is 0 Å². The van der Waals surface area contributed by atoms with Crippen molar-refractivity contribution in [3.05, 3.63) is 93.1 Å². The quantitative estimate of drug-likeness (QED) is 0.440. The lowest BCUT2D eigenvalue weighted by Crippen LogP contribution is -2.17. The van der Waals surface area contributed by atoms with Gasteiger partial charge in [-0.3, -0.25) is 9.36 Å². The largest absolute Gasteiger partial charge is 0.331 e. The fraction of sp³-hybridized carbons (Fsp3) is 0.280. The predicted octanol–water partition coefficient (Wildman–Crippen LogP) is 5.53. The second kappa shape index (κ2) is 6.58. The van der Waals surface area contributed by atoms with Gasteiger partial charge in [-0.2, -0.15) is 0 Å². The number of hydrogen-bond donors (Lipinski definition) is 0. The fourth-order valence-corrected chi connectivity index (χ4v) is 4.95. The van der Waals surface area contributed by atoms with Gasteiger partial charge >= 0.3 is 0 Å². The molecule has 2 aliphatic carbocycles. The molecule has 2 atom stereocenters. The lowest BCUT2D eigenvalue weighted by Gasteiger charge is -2.09. The number of pyridine rings is 1. The minimum absolute atomic E-state index is 0.00115. The van der Waals surface area contributed by atoms with E-state index in [1.807, 2.05) is 36.5 Å². The van der Waals surface area contributed by atoms with Gasteiger partial charge in [-0.05, 0) is 72.6 Å². The van der Waals surface area contributed by atoms with Gasteiger partial charge in [-0.25, -0.2) is 4.98 Å². The van der Waals surface area contributed by atoms with Crippen molar-refractivity contribution in [1.82, 2.24) is 14.1 Å². The third-order valence-electron chi connectivity index (χ3n) is 6.59. The highest BCUT2D eigenvalue weighted by Gasteiger charge is 2.40. The first-order valence-corrected chi connectivity index (χ1v) is 10.9. The van der Waals surface area contributed by atoms with Crippen LogP contribution in [0.3, 0.4) is 0 Å². The van der Waals surface area contributed by atoms with Crippen molar-refractivity contribution in [2.75, 3.05) is 0 Å². The van der Waals surface area contributed by atoms with E-state index >= 15 is 0 Å². The molecule has 0 spiro atoms. The van der Waals surface area contributed by atoms with E-state index in [1.165, 1.54) is 18.4 Å². The number of halogens is 1. The summed E-state index contributed by atoms with van der Waals surface area (Å²) >= 11 is 6.36. The molecule has 4 aromatic rings. The van der Waals surface area contributed by atoms with Crippen molar-refractivity contribution >= 4 is 22.6 Å². The number of imidazole rings is 1. The van der Waals surface area contributed by atoms with E-state index in [1.54, 1.807) is 10.6 Å². The van der Waals surface area contributed by atoms with Gasteiger partial charge in [0.05, 0.1) is 16.7 Å². The fourth-order valence-electron chi connectivity index (χ4n) is 4.67. The van der Waals surface area contributed by atoms with E-state index in [0.717, 1.165) is 39.6 Å². The zero-order valence-electron chi connectivity index (χ0n) is 16.8. The van der Waals surface area contributed by atoms with E-state index in [2.05, 4.69) is 29.8 Å². The van der Waals surface area contributed by atoms with Gasteiger partial charge in [0.15, 0.2) is 0 Å². The van der Waals surface area contributed by atoms with Crippen LogP contribution in [-0.2, 0) is 7.05 Å². The third-order valence-corrected chi connectivity index (χ3v) is 6.93. The molecule has 2 fully saturated rings. The SMILES string of the molecule is Cn1c(C2CC2)nc2ccc(-n3ccc(C4CC4c4ccccc4Cl)cc3=O)cc21. The van der Waals surface area contributed by atoms with Crippen LogP contribution in [0.5, 0.6) is 0 Å². The van der Waals surface area contributed by atoms with Crippen LogP contribution < -0.4 is 5.56 Å². The summed E-state index contributed by atoms with van der Waals surface area (Å²) < 4.78 is 3.90. The summed E-state index contributed by atoms with van der Waals surface area (Å²) in [5.41, 5.74) is 5.23. The Hall–Kier alpha value is -2.85. The van der Waals surface area contributed by atoms with E-state index in [0.29, 0.717) is 17.8 Å². The zero-order valence-corrected chi connectivity index (χ0v) is 17.5. The highest BCUT2D eigenvalue weighted by atomic mass is 35.5. The molecule has 2 aromatic carbocycles. The lowest BCUT2D eigenvalue weighted by atomic mass is 10.1. The molecule has 6 rings (SSSR count). The van der Waals surface area contributed by atoms with Gasteiger partial charge in [0.25, 0.3) is 5.56 Å². The molecule has 0 aliphatic heterocycles. The van der Waals surface area contributed by atoms with Crippen molar-refractivity contribution in [2.24, 2.45) is 7.05 Å². The Kier molecular flexibility index (Phi) is 3.94. The van der Waals surface area contributed by atoms with E-state index in [-0.39, 0.29) is 5.56 Å². The van der Waals surface area contributed by atoms with Crippen LogP contribution in [0, 0.1) is 0 Å². The highest BCUT2D eigenvalue weighted by molar-refractivity contribution is 6.31. The van der Waals surface area contributed by atoms with Gasteiger partial charge in [-0.1, -0.05) is 29.8 Å². The molecule has 0 amide bonds. The van der Waals surface area contributed by atoms with Gasteiger partial charge in [0.1, 0.15) is 5.82 Å². The second-order valence-electron chi connectivity index (χ2n) is 8.61. The van der Waals surface area contributed by atoms with Crippen molar-refractivity contribution in [3.8, 4) is 5.69 Å². The molecular formula is C25H22ClN3O. The Balaban J connectivity index is 1.32. The Morgan fingerprint density at radius 1 is 1.03 bits per heavy atom. The first kappa shape index (κ1) is 18.0. The molecule has 2 unspecified atom stereocenters. The number of nitrogens with zero attached hydrogens (tertiary/aromatic N) is 3. The van der Waals surface area contributed by atoms with E-state index < -0.39 is 0 Å². The Morgan fingerprint density at radius 2 is 1.87 bits per heavy atom. The van der Waals surface area contributed by atoms with Crippen LogP contribution in [0.1, 0.15) is 54.0 Å². The van der Waals surface area contributed by atoms with Crippen LogP contribution in [0.25, 0.3) is 16.7 Å². The minimum atomic E-state index is 0.00115. The summed E-state index contributed by atoms with van der Waals surface area (Å²) in [7, 11) is 2.07. The minimum Gasteiger partial charge on any atom is -0.331 e. The Morgan fingerprint density at radius 3 is 2.63 bits per heavy atom. The van der Waals surface area contributed by atoms with Gasteiger partial charge < -0.3 is 4.57 Å². The molecule has 150 valence electrons.